The van der Waals surface area contributed by atoms with Gasteiger partial charge in [-0.15, -0.1) is 0 Å². The minimum absolute atomic E-state index is 0.0986. The quantitative estimate of drug-likeness (QED) is 0.329. The van der Waals surface area contributed by atoms with Gasteiger partial charge in [0.25, 0.3) is 5.91 Å². The van der Waals surface area contributed by atoms with Gasteiger partial charge in [0.1, 0.15) is 29.0 Å². The first-order valence-corrected chi connectivity index (χ1v) is 9.83. The molecule has 0 atom stereocenters. The SMILES string of the molecule is Cc1cc(NC(=O)/C(C#N)=C\c2ccc(-c3ccccc3Cl)o2)n(-c2ccccc2)n1. The van der Waals surface area contributed by atoms with Crippen LogP contribution in [-0.2, 0) is 4.79 Å². The Morgan fingerprint density at radius 3 is 2.61 bits per heavy atom. The second-order valence-corrected chi connectivity index (χ2v) is 7.13. The van der Waals surface area contributed by atoms with Gasteiger partial charge in [-0.3, -0.25) is 4.79 Å². The predicted octanol–water partition coefficient (Wildman–Crippen LogP) is 5.64. The van der Waals surface area contributed by atoms with Crippen LogP contribution in [0.3, 0.4) is 0 Å². The van der Waals surface area contributed by atoms with Crippen molar-refractivity contribution in [1.29, 1.82) is 5.26 Å². The molecule has 4 aromatic rings. The number of halogens is 1. The Morgan fingerprint density at radius 2 is 1.87 bits per heavy atom. The van der Waals surface area contributed by atoms with Gasteiger partial charge in [-0.25, -0.2) is 4.68 Å². The van der Waals surface area contributed by atoms with E-state index in [2.05, 4.69) is 10.4 Å². The number of rotatable bonds is 5. The Bertz CT molecular complexity index is 1310. The second-order valence-electron chi connectivity index (χ2n) is 6.72. The van der Waals surface area contributed by atoms with Gasteiger partial charge >= 0.3 is 0 Å². The number of aryl methyl sites for hydroxylation is 1. The molecule has 7 heteroatoms. The molecule has 0 aliphatic rings. The number of amides is 1. The molecule has 0 radical (unpaired) electrons. The number of benzene rings is 2. The topological polar surface area (TPSA) is 83.9 Å². The van der Waals surface area contributed by atoms with E-state index in [1.165, 1.54) is 6.08 Å². The van der Waals surface area contributed by atoms with Crippen molar-refractivity contribution in [2.45, 2.75) is 6.92 Å². The van der Waals surface area contributed by atoms with E-state index in [1.54, 1.807) is 28.9 Å². The number of nitrogens with one attached hydrogen (secondary N) is 1. The fraction of sp³-hybridized carbons (Fsp3) is 0.0417. The average molecular weight is 429 g/mol. The van der Waals surface area contributed by atoms with Crippen molar-refractivity contribution >= 4 is 29.4 Å². The van der Waals surface area contributed by atoms with E-state index >= 15 is 0 Å². The third kappa shape index (κ3) is 4.42. The number of para-hydroxylation sites is 1. The van der Waals surface area contributed by atoms with Gasteiger partial charge in [0.2, 0.25) is 0 Å². The van der Waals surface area contributed by atoms with E-state index in [0.29, 0.717) is 22.4 Å². The number of carbonyl (C=O) groups is 1. The number of aromatic nitrogens is 2. The van der Waals surface area contributed by atoms with Crippen LogP contribution in [0.1, 0.15) is 11.5 Å². The summed E-state index contributed by atoms with van der Waals surface area (Å²) in [7, 11) is 0. The molecule has 0 saturated heterocycles. The monoisotopic (exact) mass is 428 g/mol. The summed E-state index contributed by atoms with van der Waals surface area (Å²) in [6, 6.07) is 23.8. The van der Waals surface area contributed by atoms with Gasteiger partial charge < -0.3 is 9.73 Å². The number of anilines is 1. The second kappa shape index (κ2) is 8.74. The van der Waals surface area contributed by atoms with Gasteiger partial charge in [-0.05, 0) is 43.3 Å². The maximum Gasteiger partial charge on any atom is 0.267 e. The Morgan fingerprint density at radius 1 is 1.13 bits per heavy atom. The maximum atomic E-state index is 12.8. The van der Waals surface area contributed by atoms with E-state index in [-0.39, 0.29) is 5.57 Å². The Balaban J connectivity index is 1.59. The van der Waals surface area contributed by atoms with Gasteiger partial charge in [0, 0.05) is 17.7 Å². The minimum Gasteiger partial charge on any atom is -0.457 e. The summed E-state index contributed by atoms with van der Waals surface area (Å²) in [4.78, 5) is 12.8. The molecule has 0 unspecified atom stereocenters. The molecule has 0 bridgehead atoms. The smallest absolute Gasteiger partial charge is 0.267 e. The van der Waals surface area contributed by atoms with Gasteiger partial charge in [0.15, 0.2) is 0 Å². The van der Waals surface area contributed by atoms with Crippen molar-refractivity contribution in [3.63, 3.8) is 0 Å². The first-order valence-electron chi connectivity index (χ1n) is 9.45. The number of nitriles is 1. The highest BCUT2D eigenvalue weighted by Crippen LogP contribution is 2.29. The van der Waals surface area contributed by atoms with Crippen molar-refractivity contribution in [2.75, 3.05) is 5.32 Å². The molecule has 1 N–H and O–H groups in total. The molecular formula is C24H17ClN4O2. The molecule has 2 aromatic heterocycles. The average Bonchev–Trinajstić information content (AvgIpc) is 3.39. The Hall–Kier alpha value is -4.08. The number of furan rings is 1. The van der Waals surface area contributed by atoms with E-state index in [4.69, 9.17) is 16.0 Å². The molecule has 0 fully saturated rings. The van der Waals surface area contributed by atoms with E-state index < -0.39 is 5.91 Å². The molecule has 31 heavy (non-hydrogen) atoms. The van der Waals surface area contributed by atoms with Crippen LogP contribution in [0.2, 0.25) is 5.02 Å². The van der Waals surface area contributed by atoms with Crippen LogP contribution >= 0.6 is 11.6 Å². The van der Waals surface area contributed by atoms with Gasteiger partial charge in [-0.2, -0.15) is 10.4 Å². The highest BCUT2D eigenvalue weighted by molar-refractivity contribution is 6.33. The highest BCUT2D eigenvalue weighted by Gasteiger charge is 2.16. The van der Waals surface area contributed by atoms with Gasteiger partial charge in [0.05, 0.1) is 16.4 Å². The van der Waals surface area contributed by atoms with Crippen LogP contribution in [0, 0.1) is 18.3 Å². The molecule has 0 spiro atoms. The minimum atomic E-state index is -0.560. The largest absolute Gasteiger partial charge is 0.457 e. The first kappa shape index (κ1) is 20.2. The van der Waals surface area contributed by atoms with Crippen LogP contribution in [0.15, 0.2) is 82.8 Å². The molecule has 2 aromatic carbocycles. The Kier molecular flexibility index (Phi) is 5.69. The lowest BCUT2D eigenvalue weighted by Crippen LogP contribution is -2.16. The highest BCUT2D eigenvalue weighted by atomic mass is 35.5. The fourth-order valence-electron chi connectivity index (χ4n) is 3.07. The molecule has 2 heterocycles. The lowest BCUT2D eigenvalue weighted by molar-refractivity contribution is -0.112. The maximum absolute atomic E-state index is 12.8. The summed E-state index contributed by atoms with van der Waals surface area (Å²) in [6.45, 7) is 1.83. The summed E-state index contributed by atoms with van der Waals surface area (Å²) < 4.78 is 7.39. The first-order chi connectivity index (χ1) is 15.0. The molecule has 0 saturated carbocycles. The van der Waals surface area contributed by atoms with E-state index in [1.807, 2.05) is 61.5 Å². The van der Waals surface area contributed by atoms with Crippen LogP contribution in [0.4, 0.5) is 5.82 Å². The zero-order chi connectivity index (χ0) is 21.8. The molecule has 0 aliphatic carbocycles. The lowest BCUT2D eigenvalue weighted by atomic mass is 10.2. The van der Waals surface area contributed by atoms with Crippen LogP contribution < -0.4 is 5.32 Å². The summed E-state index contributed by atoms with van der Waals surface area (Å²) in [5, 5.41) is 17.3. The standard InChI is InChI=1S/C24H17ClN4O2/c1-16-13-23(29(28-16)18-7-3-2-4-8-18)27-24(30)17(15-26)14-19-11-12-22(31-19)20-9-5-6-10-21(20)25/h2-14H,1H3,(H,27,30)/b17-14-. The Labute approximate surface area is 184 Å². The van der Waals surface area contributed by atoms with E-state index in [9.17, 15) is 10.1 Å². The van der Waals surface area contributed by atoms with Crippen molar-refractivity contribution in [2.24, 2.45) is 0 Å². The number of hydrogen-bond donors (Lipinski definition) is 1. The lowest BCUT2D eigenvalue weighted by Gasteiger charge is -2.08. The third-order valence-corrected chi connectivity index (χ3v) is 4.82. The molecule has 1 amide bonds. The van der Waals surface area contributed by atoms with Crippen molar-refractivity contribution in [1.82, 2.24) is 9.78 Å². The van der Waals surface area contributed by atoms with E-state index in [0.717, 1.165) is 16.9 Å². The fourth-order valence-corrected chi connectivity index (χ4v) is 3.29. The third-order valence-electron chi connectivity index (χ3n) is 4.49. The number of nitrogens with zero attached hydrogens (tertiary/aromatic N) is 3. The molecule has 6 nitrogen and oxygen atoms in total. The van der Waals surface area contributed by atoms with Crippen molar-refractivity contribution in [3.05, 3.63) is 94.8 Å². The zero-order valence-corrected chi connectivity index (χ0v) is 17.3. The summed E-state index contributed by atoms with van der Waals surface area (Å²) in [6.07, 6.45) is 1.39. The number of carbonyl (C=O) groups excluding carboxylic acids is 1. The van der Waals surface area contributed by atoms with Crippen LogP contribution in [0.5, 0.6) is 0 Å². The van der Waals surface area contributed by atoms with Crippen molar-refractivity contribution < 1.29 is 9.21 Å². The summed E-state index contributed by atoms with van der Waals surface area (Å²) in [5.41, 5.74) is 2.16. The molecule has 0 aliphatic heterocycles. The van der Waals surface area contributed by atoms with Crippen LogP contribution in [-0.4, -0.2) is 15.7 Å². The normalized spacial score (nSPS) is 11.2. The van der Waals surface area contributed by atoms with Gasteiger partial charge in [-0.1, -0.05) is 41.9 Å². The summed E-state index contributed by atoms with van der Waals surface area (Å²) in [5.74, 6) is 0.822. The van der Waals surface area contributed by atoms with Crippen LogP contribution in [0.25, 0.3) is 23.1 Å². The molecule has 4 rings (SSSR count). The van der Waals surface area contributed by atoms with Crippen molar-refractivity contribution in [3.8, 4) is 23.1 Å². The molecular weight excluding hydrogens is 412 g/mol. The predicted molar refractivity (Wildman–Crippen MR) is 120 cm³/mol. The number of hydrogen-bond acceptors (Lipinski definition) is 4. The zero-order valence-electron chi connectivity index (χ0n) is 16.5. The summed E-state index contributed by atoms with van der Waals surface area (Å²) >= 11 is 6.21. The molecule has 152 valence electrons.